The number of hydrogen-bond acceptors (Lipinski definition) is 3. The number of ether oxygens (including phenoxy) is 1. The first-order chi connectivity index (χ1) is 10.0. The highest BCUT2D eigenvalue weighted by Gasteiger charge is 2.34. The first kappa shape index (κ1) is 16.3. The van der Waals surface area contributed by atoms with Gasteiger partial charge in [-0.05, 0) is 31.9 Å². The van der Waals surface area contributed by atoms with Crippen molar-refractivity contribution in [3.05, 3.63) is 30.3 Å². The number of nitrogens with zero attached hydrogens (tertiary/aromatic N) is 1. The van der Waals surface area contributed by atoms with Gasteiger partial charge in [0.1, 0.15) is 12.4 Å². The summed E-state index contributed by atoms with van der Waals surface area (Å²) in [6.45, 7) is 13.1. The molecule has 0 amide bonds. The molecule has 0 radical (unpaired) electrons. The maximum Gasteiger partial charge on any atom is 0.119 e. The molecule has 2 unspecified atom stereocenters. The molecule has 1 aromatic rings. The second kappa shape index (κ2) is 7.28. The molecule has 3 nitrogen and oxygen atoms in total. The van der Waals surface area contributed by atoms with Gasteiger partial charge in [0.15, 0.2) is 0 Å². The minimum absolute atomic E-state index is 0.191. The molecule has 3 heteroatoms. The van der Waals surface area contributed by atoms with Gasteiger partial charge >= 0.3 is 0 Å². The van der Waals surface area contributed by atoms with Gasteiger partial charge in [-0.3, -0.25) is 4.90 Å². The van der Waals surface area contributed by atoms with E-state index < -0.39 is 0 Å². The molecule has 0 aliphatic carbocycles. The number of para-hydroxylation sites is 1. The van der Waals surface area contributed by atoms with E-state index in [1.165, 1.54) is 6.42 Å². The zero-order valence-corrected chi connectivity index (χ0v) is 13.9. The lowest BCUT2D eigenvalue weighted by Crippen LogP contribution is -2.63. The first-order valence-corrected chi connectivity index (χ1v) is 8.19. The van der Waals surface area contributed by atoms with Crippen LogP contribution in [-0.4, -0.2) is 42.7 Å². The van der Waals surface area contributed by atoms with Gasteiger partial charge < -0.3 is 10.1 Å². The molecule has 0 spiro atoms. The molecule has 1 aliphatic rings. The van der Waals surface area contributed by atoms with E-state index in [0.717, 1.165) is 32.0 Å². The molecule has 21 heavy (non-hydrogen) atoms. The van der Waals surface area contributed by atoms with Gasteiger partial charge in [-0.2, -0.15) is 0 Å². The van der Waals surface area contributed by atoms with Crippen molar-refractivity contribution in [2.24, 2.45) is 5.92 Å². The molecule has 0 saturated carbocycles. The zero-order valence-electron chi connectivity index (χ0n) is 13.9. The highest BCUT2D eigenvalue weighted by atomic mass is 16.5. The third kappa shape index (κ3) is 4.72. The summed E-state index contributed by atoms with van der Waals surface area (Å²) >= 11 is 0. The SMILES string of the molecule is CCC(C)C1CNC(C)(C)CN1CCOc1ccccc1. The Balaban J connectivity index is 1.90. The van der Waals surface area contributed by atoms with Gasteiger partial charge in [0.25, 0.3) is 0 Å². The van der Waals surface area contributed by atoms with E-state index in [1.807, 2.05) is 30.3 Å². The fraction of sp³-hybridized carbons (Fsp3) is 0.667. The Kier molecular flexibility index (Phi) is 5.65. The van der Waals surface area contributed by atoms with E-state index in [9.17, 15) is 0 Å². The number of piperazine rings is 1. The smallest absolute Gasteiger partial charge is 0.119 e. The van der Waals surface area contributed by atoms with Gasteiger partial charge in [-0.1, -0.05) is 38.5 Å². The molecule has 1 saturated heterocycles. The van der Waals surface area contributed by atoms with E-state index in [4.69, 9.17) is 4.74 Å². The third-order valence-electron chi connectivity index (χ3n) is 4.55. The molecule has 0 aromatic heterocycles. The Bertz CT molecular complexity index is 418. The van der Waals surface area contributed by atoms with Crippen LogP contribution in [0.3, 0.4) is 0 Å². The van der Waals surface area contributed by atoms with Crippen molar-refractivity contribution in [1.82, 2.24) is 10.2 Å². The standard InChI is InChI=1S/C18H30N2O/c1-5-15(2)17-13-19-18(3,4)14-20(17)11-12-21-16-9-7-6-8-10-16/h6-10,15,17,19H,5,11-14H2,1-4H3. The summed E-state index contributed by atoms with van der Waals surface area (Å²) in [5, 5.41) is 3.68. The van der Waals surface area contributed by atoms with Crippen molar-refractivity contribution < 1.29 is 4.74 Å². The fourth-order valence-electron chi connectivity index (χ4n) is 3.07. The van der Waals surface area contributed by atoms with Crippen LogP contribution in [0.4, 0.5) is 0 Å². The molecule has 2 atom stereocenters. The molecule has 118 valence electrons. The molecular weight excluding hydrogens is 260 g/mol. The maximum atomic E-state index is 5.88. The van der Waals surface area contributed by atoms with Crippen LogP contribution in [0.25, 0.3) is 0 Å². The Morgan fingerprint density at radius 3 is 2.71 bits per heavy atom. The monoisotopic (exact) mass is 290 g/mol. The highest BCUT2D eigenvalue weighted by Crippen LogP contribution is 2.22. The Labute approximate surface area is 129 Å². The summed E-state index contributed by atoms with van der Waals surface area (Å²) in [4.78, 5) is 2.60. The summed E-state index contributed by atoms with van der Waals surface area (Å²) in [7, 11) is 0. The number of rotatable bonds is 6. The van der Waals surface area contributed by atoms with Crippen LogP contribution >= 0.6 is 0 Å². The van der Waals surface area contributed by atoms with Gasteiger partial charge in [0.05, 0.1) is 0 Å². The lowest BCUT2D eigenvalue weighted by atomic mass is 9.91. The molecule has 1 N–H and O–H groups in total. The summed E-state index contributed by atoms with van der Waals surface area (Å²) in [5.41, 5.74) is 0.191. The lowest BCUT2D eigenvalue weighted by molar-refractivity contribution is 0.0522. The van der Waals surface area contributed by atoms with E-state index in [-0.39, 0.29) is 5.54 Å². The van der Waals surface area contributed by atoms with Gasteiger partial charge in [0.2, 0.25) is 0 Å². The minimum atomic E-state index is 0.191. The number of benzene rings is 1. The second-order valence-corrected chi connectivity index (χ2v) is 6.85. The largest absolute Gasteiger partial charge is 0.492 e. The average Bonchev–Trinajstić information content (AvgIpc) is 2.47. The van der Waals surface area contributed by atoms with E-state index >= 15 is 0 Å². The van der Waals surface area contributed by atoms with Gasteiger partial charge in [0, 0.05) is 31.2 Å². The van der Waals surface area contributed by atoms with E-state index in [2.05, 4.69) is 37.9 Å². The van der Waals surface area contributed by atoms with Crippen LogP contribution in [-0.2, 0) is 0 Å². The average molecular weight is 290 g/mol. The number of hydrogen-bond donors (Lipinski definition) is 1. The topological polar surface area (TPSA) is 24.5 Å². The summed E-state index contributed by atoms with van der Waals surface area (Å²) in [6.07, 6.45) is 1.23. The van der Waals surface area contributed by atoms with Crippen molar-refractivity contribution in [2.45, 2.75) is 45.7 Å². The van der Waals surface area contributed by atoms with Crippen molar-refractivity contribution in [2.75, 3.05) is 26.2 Å². The molecule has 0 bridgehead atoms. The van der Waals surface area contributed by atoms with Crippen LogP contribution in [0.1, 0.15) is 34.1 Å². The predicted octanol–water partition coefficient (Wildman–Crippen LogP) is 3.16. The molecule has 1 aromatic carbocycles. The van der Waals surface area contributed by atoms with Crippen molar-refractivity contribution in [1.29, 1.82) is 0 Å². The second-order valence-electron chi connectivity index (χ2n) is 6.85. The summed E-state index contributed by atoms with van der Waals surface area (Å²) in [6, 6.07) is 10.7. The molecule has 1 fully saturated rings. The van der Waals surface area contributed by atoms with Crippen molar-refractivity contribution in [3.8, 4) is 5.75 Å². The van der Waals surface area contributed by atoms with Crippen molar-refractivity contribution >= 4 is 0 Å². The van der Waals surface area contributed by atoms with Crippen LogP contribution < -0.4 is 10.1 Å². The molecular formula is C18H30N2O. The third-order valence-corrected chi connectivity index (χ3v) is 4.55. The predicted molar refractivity (Wildman–Crippen MR) is 88.8 cm³/mol. The first-order valence-electron chi connectivity index (χ1n) is 8.19. The van der Waals surface area contributed by atoms with Crippen LogP contribution in [0.15, 0.2) is 30.3 Å². The van der Waals surface area contributed by atoms with E-state index in [1.54, 1.807) is 0 Å². The molecule has 2 rings (SSSR count). The fourth-order valence-corrected chi connectivity index (χ4v) is 3.07. The number of nitrogens with one attached hydrogen (secondary N) is 1. The Morgan fingerprint density at radius 2 is 2.05 bits per heavy atom. The van der Waals surface area contributed by atoms with Crippen molar-refractivity contribution in [3.63, 3.8) is 0 Å². The zero-order chi connectivity index (χ0) is 15.3. The normalized spacial score (nSPS) is 23.7. The highest BCUT2D eigenvalue weighted by molar-refractivity contribution is 5.20. The molecule has 1 heterocycles. The van der Waals surface area contributed by atoms with Gasteiger partial charge in [-0.15, -0.1) is 0 Å². The van der Waals surface area contributed by atoms with Crippen LogP contribution in [0.2, 0.25) is 0 Å². The van der Waals surface area contributed by atoms with Crippen LogP contribution in [0.5, 0.6) is 5.75 Å². The minimum Gasteiger partial charge on any atom is -0.492 e. The lowest BCUT2D eigenvalue weighted by Gasteiger charge is -2.46. The maximum absolute atomic E-state index is 5.88. The molecule has 1 aliphatic heterocycles. The van der Waals surface area contributed by atoms with Gasteiger partial charge in [-0.25, -0.2) is 0 Å². The summed E-state index contributed by atoms with van der Waals surface area (Å²) in [5.74, 6) is 1.68. The summed E-state index contributed by atoms with van der Waals surface area (Å²) < 4.78 is 5.88. The van der Waals surface area contributed by atoms with E-state index in [0.29, 0.717) is 12.0 Å². The Morgan fingerprint density at radius 1 is 1.33 bits per heavy atom. The quantitative estimate of drug-likeness (QED) is 0.871. The van der Waals surface area contributed by atoms with Crippen LogP contribution in [0, 0.1) is 5.92 Å². The Hall–Kier alpha value is -1.06.